The summed E-state index contributed by atoms with van der Waals surface area (Å²) in [6.07, 6.45) is 6.83. The van der Waals surface area contributed by atoms with E-state index in [4.69, 9.17) is 0 Å². The largest absolute Gasteiger partial charge is 0.279 e. The van der Waals surface area contributed by atoms with Crippen LogP contribution in [-0.2, 0) is 18.6 Å². The third-order valence-corrected chi connectivity index (χ3v) is 7.41. The Kier molecular flexibility index (Phi) is 6.50. The first-order chi connectivity index (χ1) is 14.6. The predicted molar refractivity (Wildman–Crippen MR) is 121 cm³/mol. The summed E-state index contributed by atoms with van der Waals surface area (Å²) >= 11 is 3.21. The zero-order valence-electron chi connectivity index (χ0n) is 16.7. The maximum absolute atomic E-state index is 12.4. The number of pyridine rings is 1. The van der Waals surface area contributed by atoms with Crippen molar-refractivity contribution in [3.05, 3.63) is 81.3 Å². The molecule has 2 heterocycles. The number of hydrogen-bond donors (Lipinski definition) is 2. The molecule has 1 aliphatic rings. The van der Waals surface area contributed by atoms with E-state index in [1.54, 1.807) is 30.1 Å². The lowest BCUT2D eigenvalue weighted by Gasteiger charge is -2.16. The summed E-state index contributed by atoms with van der Waals surface area (Å²) in [7, 11) is 0. The van der Waals surface area contributed by atoms with Crippen molar-refractivity contribution >= 4 is 34.9 Å². The Morgan fingerprint density at radius 2 is 1.97 bits per heavy atom. The standard InChI is InChI=1S/C23H23N3O2S2/c1-15-4-9-20-18(11-15)12-21(30-20)23(28)26-25-22(27)17-5-7-19(8-6-17)29-14-16-3-2-10-24-13-16/h2-3,5-8,10,12-13,15H,4,9,11,14H2,1H3,(H,25,27)(H,26,28). The molecule has 1 unspecified atom stereocenters. The Bertz CT molecular complexity index is 1030. The number of benzene rings is 1. The highest BCUT2D eigenvalue weighted by Crippen LogP contribution is 2.32. The maximum Gasteiger partial charge on any atom is 0.279 e. The lowest BCUT2D eigenvalue weighted by Crippen LogP contribution is -2.41. The fraction of sp³-hybridized carbons (Fsp3) is 0.261. The molecule has 0 saturated heterocycles. The zero-order valence-corrected chi connectivity index (χ0v) is 18.3. The van der Waals surface area contributed by atoms with Gasteiger partial charge in [-0.3, -0.25) is 25.4 Å². The molecule has 2 aromatic heterocycles. The van der Waals surface area contributed by atoms with E-state index in [-0.39, 0.29) is 11.8 Å². The number of rotatable bonds is 5. The summed E-state index contributed by atoms with van der Waals surface area (Å²) in [5.41, 5.74) is 7.98. The third-order valence-electron chi connectivity index (χ3n) is 5.09. The number of carbonyl (C=O) groups is 2. The average Bonchev–Trinajstić information content (AvgIpc) is 3.20. The topological polar surface area (TPSA) is 71.1 Å². The van der Waals surface area contributed by atoms with Crippen LogP contribution in [0.3, 0.4) is 0 Å². The van der Waals surface area contributed by atoms with E-state index in [9.17, 15) is 9.59 Å². The molecular weight excluding hydrogens is 414 g/mol. The van der Waals surface area contributed by atoms with E-state index in [2.05, 4.69) is 22.8 Å². The summed E-state index contributed by atoms with van der Waals surface area (Å²) in [6, 6.07) is 13.3. The van der Waals surface area contributed by atoms with Crippen molar-refractivity contribution in [1.82, 2.24) is 15.8 Å². The molecule has 1 atom stereocenters. The molecule has 3 aromatic rings. The normalized spacial score (nSPS) is 15.3. The van der Waals surface area contributed by atoms with Crippen LogP contribution in [0.4, 0.5) is 0 Å². The molecule has 2 amide bonds. The van der Waals surface area contributed by atoms with Crippen molar-refractivity contribution in [2.75, 3.05) is 0 Å². The summed E-state index contributed by atoms with van der Waals surface area (Å²) in [4.78, 5) is 31.9. The summed E-state index contributed by atoms with van der Waals surface area (Å²) in [6.45, 7) is 2.24. The molecule has 154 valence electrons. The number of aryl methyl sites for hydroxylation is 1. The molecule has 5 nitrogen and oxygen atoms in total. The molecule has 0 radical (unpaired) electrons. The molecule has 30 heavy (non-hydrogen) atoms. The zero-order chi connectivity index (χ0) is 20.9. The molecule has 0 fully saturated rings. The van der Waals surface area contributed by atoms with Crippen LogP contribution < -0.4 is 10.9 Å². The van der Waals surface area contributed by atoms with Crippen LogP contribution in [0.15, 0.2) is 59.8 Å². The van der Waals surface area contributed by atoms with E-state index in [0.29, 0.717) is 16.4 Å². The smallest absolute Gasteiger partial charge is 0.267 e. The molecule has 0 spiro atoms. The first kappa shape index (κ1) is 20.6. The fourth-order valence-electron chi connectivity index (χ4n) is 3.42. The highest BCUT2D eigenvalue weighted by Gasteiger charge is 2.21. The van der Waals surface area contributed by atoms with Crippen LogP contribution >= 0.6 is 23.1 Å². The van der Waals surface area contributed by atoms with Gasteiger partial charge in [-0.1, -0.05) is 13.0 Å². The summed E-state index contributed by atoms with van der Waals surface area (Å²) in [5, 5.41) is 0. The fourth-order valence-corrected chi connectivity index (χ4v) is 5.35. The minimum Gasteiger partial charge on any atom is -0.267 e. The number of carbonyl (C=O) groups excluding carboxylic acids is 2. The predicted octanol–water partition coefficient (Wildman–Crippen LogP) is 4.64. The van der Waals surface area contributed by atoms with Gasteiger partial charge in [-0.05, 0) is 72.7 Å². The van der Waals surface area contributed by atoms with Gasteiger partial charge in [0.1, 0.15) is 0 Å². The first-order valence-electron chi connectivity index (χ1n) is 9.92. The number of hydrogen-bond acceptors (Lipinski definition) is 5. The van der Waals surface area contributed by atoms with Crippen LogP contribution in [0, 0.1) is 5.92 Å². The molecular formula is C23H23N3O2S2. The van der Waals surface area contributed by atoms with Crippen molar-refractivity contribution in [1.29, 1.82) is 0 Å². The molecule has 1 aromatic carbocycles. The highest BCUT2D eigenvalue weighted by atomic mass is 32.2. The number of nitrogens with one attached hydrogen (secondary N) is 2. The molecule has 2 N–H and O–H groups in total. The minimum absolute atomic E-state index is 0.265. The third kappa shape index (κ3) is 5.09. The second kappa shape index (κ2) is 9.45. The van der Waals surface area contributed by atoms with E-state index in [1.807, 2.05) is 36.5 Å². The van der Waals surface area contributed by atoms with Crippen molar-refractivity contribution in [2.24, 2.45) is 5.92 Å². The second-order valence-electron chi connectivity index (χ2n) is 7.49. The monoisotopic (exact) mass is 437 g/mol. The van der Waals surface area contributed by atoms with E-state index in [1.165, 1.54) is 28.2 Å². The number of amides is 2. The Hall–Kier alpha value is -2.64. The van der Waals surface area contributed by atoms with E-state index in [0.717, 1.165) is 29.1 Å². The number of aromatic nitrogens is 1. The van der Waals surface area contributed by atoms with Crippen molar-refractivity contribution in [3.63, 3.8) is 0 Å². The average molecular weight is 438 g/mol. The summed E-state index contributed by atoms with van der Waals surface area (Å²) in [5.74, 6) is 0.883. The highest BCUT2D eigenvalue weighted by molar-refractivity contribution is 7.98. The van der Waals surface area contributed by atoms with Crippen LogP contribution in [0.5, 0.6) is 0 Å². The molecule has 0 saturated carbocycles. The number of hydrazine groups is 1. The Balaban J connectivity index is 1.29. The second-order valence-corrected chi connectivity index (χ2v) is 9.68. The van der Waals surface area contributed by atoms with Gasteiger partial charge in [-0.25, -0.2) is 0 Å². The molecule has 4 rings (SSSR count). The van der Waals surface area contributed by atoms with Gasteiger partial charge in [0.25, 0.3) is 11.8 Å². The molecule has 7 heteroatoms. The van der Waals surface area contributed by atoms with Crippen molar-refractivity contribution in [2.45, 2.75) is 36.8 Å². The Labute approximate surface area is 184 Å². The van der Waals surface area contributed by atoms with Gasteiger partial charge >= 0.3 is 0 Å². The number of nitrogens with zero attached hydrogens (tertiary/aromatic N) is 1. The van der Waals surface area contributed by atoms with Gasteiger partial charge in [0, 0.05) is 33.5 Å². The van der Waals surface area contributed by atoms with Crippen LogP contribution in [0.25, 0.3) is 0 Å². The van der Waals surface area contributed by atoms with Crippen LogP contribution in [0.2, 0.25) is 0 Å². The Morgan fingerprint density at radius 3 is 2.73 bits per heavy atom. The summed E-state index contributed by atoms with van der Waals surface area (Å²) < 4.78 is 0. The van der Waals surface area contributed by atoms with E-state index < -0.39 is 0 Å². The molecule has 0 bridgehead atoms. The maximum atomic E-state index is 12.4. The van der Waals surface area contributed by atoms with Crippen molar-refractivity contribution in [3.8, 4) is 0 Å². The SMILES string of the molecule is CC1CCc2sc(C(=O)NNC(=O)c3ccc(SCc4cccnc4)cc3)cc2C1. The molecule has 1 aliphatic carbocycles. The molecule has 0 aliphatic heterocycles. The van der Waals surface area contributed by atoms with Gasteiger partial charge in [0.2, 0.25) is 0 Å². The van der Waals surface area contributed by atoms with Crippen molar-refractivity contribution < 1.29 is 9.59 Å². The minimum atomic E-state index is -0.331. The Morgan fingerprint density at radius 1 is 1.17 bits per heavy atom. The lowest BCUT2D eigenvalue weighted by atomic mass is 9.90. The lowest BCUT2D eigenvalue weighted by molar-refractivity contribution is 0.0849. The first-order valence-corrected chi connectivity index (χ1v) is 11.7. The van der Waals surface area contributed by atoms with Gasteiger partial charge < -0.3 is 0 Å². The van der Waals surface area contributed by atoms with Gasteiger partial charge in [0.05, 0.1) is 4.88 Å². The van der Waals surface area contributed by atoms with E-state index >= 15 is 0 Å². The quantitative estimate of drug-likeness (QED) is 0.451. The number of thioether (sulfide) groups is 1. The van der Waals surface area contributed by atoms with Gasteiger partial charge in [-0.2, -0.15) is 0 Å². The number of thiophene rings is 1. The van der Waals surface area contributed by atoms with Crippen LogP contribution in [-0.4, -0.2) is 16.8 Å². The number of fused-ring (bicyclic) bond motifs is 1. The van der Waals surface area contributed by atoms with Crippen LogP contribution in [0.1, 0.15) is 49.4 Å². The van der Waals surface area contributed by atoms with Gasteiger partial charge in [0.15, 0.2) is 0 Å². The van der Waals surface area contributed by atoms with Gasteiger partial charge in [-0.15, -0.1) is 23.1 Å².